The van der Waals surface area contributed by atoms with Crippen LogP contribution in [0.4, 0.5) is 0 Å². The monoisotopic (exact) mass is 369 g/mol. The zero-order valence-corrected chi connectivity index (χ0v) is 15.0. The zero-order valence-electron chi connectivity index (χ0n) is 13.4. The first-order valence-electron chi connectivity index (χ1n) is 7.65. The molecule has 2 aromatic rings. The van der Waals surface area contributed by atoms with Crippen LogP contribution < -0.4 is 14.8 Å². The van der Waals surface area contributed by atoms with Gasteiger partial charge in [-0.1, -0.05) is 41.9 Å². The fraction of sp³-hybridized carbons (Fsp3) is 0.333. The molecule has 0 amide bonds. The lowest BCUT2D eigenvalue weighted by Crippen LogP contribution is -2.43. The van der Waals surface area contributed by atoms with Crippen LogP contribution in [0.5, 0.6) is 11.5 Å². The van der Waals surface area contributed by atoms with Gasteiger partial charge in [-0.25, -0.2) is 0 Å². The largest absolute Gasteiger partial charge is 0.493 e. The van der Waals surface area contributed by atoms with Crippen LogP contribution in [0.15, 0.2) is 48.5 Å². The lowest BCUT2D eigenvalue weighted by Gasteiger charge is -2.32. The van der Waals surface area contributed by atoms with Gasteiger partial charge in [0.1, 0.15) is 6.10 Å². The Bertz CT molecular complexity index is 633. The minimum Gasteiger partial charge on any atom is -0.493 e. The average molecular weight is 370 g/mol. The lowest BCUT2D eigenvalue weighted by atomic mass is 10.0. The second-order valence-electron chi connectivity index (χ2n) is 5.36. The van der Waals surface area contributed by atoms with Crippen molar-refractivity contribution in [3.05, 3.63) is 59.1 Å². The van der Waals surface area contributed by atoms with Gasteiger partial charge in [-0.05, 0) is 17.7 Å². The number of nitrogens with one attached hydrogen (secondary N) is 1. The maximum absolute atomic E-state index is 6.27. The summed E-state index contributed by atoms with van der Waals surface area (Å²) in [5.41, 5.74) is 1.07. The van der Waals surface area contributed by atoms with Gasteiger partial charge in [0.05, 0.1) is 13.7 Å². The fourth-order valence-corrected chi connectivity index (χ4v) is 2.82. The van der Waals surface area contributed by atoms with Gasteiger partial charge in [-0.2, -0.15) is 0 Å². The van der Waals surface area contributed by atoms with Crippen LogP contribution in [-0.4, -0.2) is 32.9 Å². The molecule has 4 nitrogen and oxygen atoms in total. The van der Waals surface area contributed by atoms with E-state index in [2.05, 4.69) is 5.32 Å². The standard InChI is InChI=1S/C18H20ClNO3.ClH/c1-21-16-11-14(19)7-8-15(16)23-18(13-5-3-2-4-6-13)17-12-20-9-10-22-17;/h2-8,11,17-18,20H,9-10,12H2,1H3;1H. The van der Waals surface area contributed by atoms with E-state index in [0.29, 0.717) is 23.1 Å². The summed E-state index contributed by atoms with van der Waals surface area (Å²) >= 11 is 6.03. The molecule has 24 heavy (non-hydrogen) atoms. The van der Waals surface area contributed by atoms with Crippen LogP contribution in [0.1, 0.15) is 11.7 Å². The van der Waals surface area contributed by atoms with Gasteiger partial charge in [0.15, 0.2) is 17.6 Å². The van der Waals surface area contributed by atoms with E-state index < -0.39 is 0 Å². The van der Waals surface area contributed by atoms with Crippen LogP contribution in [0.3, 0.4) is 0 Å². The number of halogens is 2. The van der Waals surface area contributed by atoms with Crippen LogP contribution in [0.2, 0.25) is 5.02 Å². The molecule has 6 heteroatoms. The third-order valence-corrected chi connectivity index (χ3v) is 4.04. The summed E-state index contributed by atoms with van der Waals surface area (Å²) in [6, 6.07) is 15.5. The molecule has 0 spiro atoms. The molecule has 1 saturated heterocycles. The van der Waals surface area contributed by atoms with Gasteiger partial charge in [0, 0.05) is 24.2 Å². The van der Waals surface area contributed by atoms with E-state index in [9.17, 15) is 0 Å². The number of hydrogen-bond donors (Lipinski definition) is 1. The summed E-state index contributed by atoms with van der Waals surface area (Å²) in [5.74, 6) is 1.27. The van der Waals surface area contributed by atoms with Gasteiger partial charge in [0.25, 0.3) is 0 Å². The molecule has 1 aliphatic rings. The summed E-state index contributed by atoms with van der Waals surface area (Å²) in [7, 11) is 1.61. The Labute approximate surface area is 153 Å². The summed E-state index contributed by atoms with van der Waals surface area (Å²) < 4.78 is 17.6. The van der Waals surface area contributed by atoms with E-state index >= 15 is 0 Å². The van der Waals surface area contributed by atoms with Crippen molar-refractivity contribution in [1.29, 1.82) is 0 Å². The molecule has 1 N–H and O–H groups in total. The van der Waals surface area contributed by atoms with Gasteiger partial charge in [0.2, 0.25) is 0 Å². The molecular weight excluding hydrogens is 349 g/mol. The van der Waals surface area contributed by atoms with Crippen molar-refractivity contribution >= 4 is 24.0 Å². The highest BCUT2D eigenvalue weighted by Crippen LogP contribution is 2.35. The molecule has 1 fully saturated rings. The molecule has 0 aliphatic carbocycles. The number of ether oxygens (including phenoxy) is 3. The maximum Gasteiger partial charge on any atom is 0.162 e. The van der Waals surface area contributed by atoms with Crippen LogP contribution in [0, 0.1) is 0 Å². The predicted octanol–water partition coefficient (Wildman–Crippen LogP) is 3.88. The summed E-state index contributed by atoms with van der Waals surface area (Å²) in [5, 5.41) is 3.96. The first-order valence-corrected chi connectivity index (χ1v) is 8.03. The van der Waals surface area contributed by atoms with Crippen molar-refractivity contribution in [2.45, 2.75) is 12.2 Å². The topological polar surface area (TPSA) is 39.7 Å². The molecule has 2 unspecified atom stereocenters. The predicted molar refractivity (Wildman–Crippen MR) is 97.7 cm³/mol. The number of hydrogen-bond acceptors (Lipinski definition) is 4. The van der Waals surface area contributed by atoms with Gasteiger partial charge < -0.3 is 19.5 Å². The SMILES string of the molecule is COc1cc(Cl)ccc1OC(c1ccccc1)C1CNCCO1.Cl. The molecule has 1 heterocycles. The van der Waals surface area contributed by atoms with E-state index in [1.54, 1.807) is 19.2 Å². The van der Waals surface area contributed by atoms with Gasteiger partial charge in [-0.3, -0.25) is 0 Å². The quantitative estimate of drug-likeness (QED) is 0.867. The van der Waals surface area contributed by atoms with Crippen molar-refractivity contribution in [2.75, 3.05) is 26.8 Å². The van der Waals surface area contributed by atoms with Crippen molar-refractivity contribution in [3.8, 4) is 11.5 Å². The van der Waals surface area contributed by atoms with Crippen molar-refractivity contribution in [2.24, 2.45) is 0 Å². The fourth-order valence-electron chi connectivity index (χ4n) is 2.66. The second kappa shape index (κ2) is 9.14. The van der Waals surface area contributed by atoms with Gasteiger partial charge >= 0.3 is 0 Å². The minimum atomic E-state index is -0.223. The lowest BCUT2D eigenvalue weighted by molar-refractivity contribution is -0.0438. The Morgan fingerprint density at radius 3 is 2.62 bits per heavy atom. The van der Waals surface area contributed by atoms with E-state index in [0.717, 1.165) is 18.7 Å². The average Bonchev–Trinajstić information content (AvgIpc) is 2.62. The molecule has 130 valence electrons. The summed E-state index contributed by atoms with van der Waals surface area (Å²) in [6.45, 7) is 2.28. The smallest absolute Gasteiger partial charge is 0.162 e. The molecular formula is C18H21Cl2NO3. The first kappa shape index (κ1) is 18.9. The van der Waals surface area contributed by atoms with E-state index in [4.69, 9.17) is 25.8 Å². The molecule has 3 rings (SSSR count). The van der Waals surface area contributed by atoms with Gasteiger partial charge in [-0.15, -0.1) is 12.4 Å². The van der Waals surface area contributed by atoms with Crippen molar-refractivity contribution < 1.29 is 14.2 Å². The Balaban J connectivity index is 0.00000208. The van der Waals surface area contributed by atoms with Crippen LogP contribution in [0.25, 0.3) is 0 Å². The molecule has 1 aliphatic heterocycles. The van der Waals surface area contributed by atoms with E-state index in [1.165, 1.54) is 0 Å². The third kappa shape index (κ3) is 4.54. The van der Waals surface area contributed by atoms with Crippen molar-refractivity contribution in [1.82, 2.24) is 5.32 Å². The van der Waals surface area contributed by atoms with Crippen LogP contribution in [-0.2, 0) is 4.74 Å². The Morgan fingerprint density at radius 2 is 1.96 bits per heavy atom. The van der Waals surface area contributed by atoms with E-state index in [-0.39, 0.29) is 24.6 Å². The molecule has 0 radical (unpaired) electrons. The number of morpholine rings is 1. The first-order chi connectivity index (χ1) is 11.3. The minimum absolute atomic E-state index is 0. The number of rotatable bonds is 5. The molecule has 2 aromatic carbocycles. The molecule has 0 saturated carbocycles. The zero-order chi connectivity index (χ0) is 16.1. The highest BCUT2D eigenvalue weighted by Gasteiger charge is 2.28. The van der Waals surface area contributed by atoms with E-state index in [1.807, 2.05) is 36.4 Å². The highest BCUT2D eigenvalue weighted by atomic mass is 35.5. The maximum atomic E-state index is 6.27. The Morgan fingerprint density at radius 1 is 1.17 bits per heavy atom. The molecule has 0 bridgehead atoms. The normalized spacial score (nSPS) is 18.3. The number of benzene rings is 2. The van der Waals surface area contributed by atoms with Crippen molar-refractivity contribution in [3.63, 3.8) is 0 Å². The second-order valence-corrected chi connectivity index (χ2v) is 5.79. The van der Waals surface area contributed by atoms with Crippen LogP contribution >= 0.6 is 24.0 Å². The highest BCUT2D eigenvalue weighted by molar-refractivity contribution is 6.30. The Hall–Kier alpha value is -1.46. The summed E-state index contributed by atoms with van der Waals surface area (Å²) in [4.78, 5) is 0. The third-order valence-electron chi connectivity index (χ3n) is 3.80. The Kier molecular flexibility index (Phi) is 7.18. The molecule has 2 atom stereocenters. The summed E-state index contributed by atoms with van der Waals surface area (Å²) in [6.07, 6.45) is -0.286. The molecule has 0 aromatic heterocycles. The number of methoxy groups -OCH3 is 1.